The summed E-state index contributed by atoms with van der Waals surface area (Å²) >= 11 is 5.66. The third kappa shape index (κ3) is 3.35. The van der Waals surface area contributed by atoms with Crippen molar-refractivity contribution in [3.63, 3.8) is 0 Å². The molecule has 1 nitrogen and oxygen atoms in total. The summed E-state index contributed by atoms with van der Waals surface area (Å²) in [7, 11) is 1.76. The maximum atomic E-state index is 13.9. The molecule has 0 bridgehead atoms. The molecule has 0 saturated heterocycles. The van der Waals surface area contributed by atoms with Gasteiger partial charge in [-0.3, -0.25) is 0 Å². The Bertz CT molecular complexity index is 613. The smallest absolute Gasteiger partial charge is 0.142 e. The van der Waals surface area contributed by atoms with Gasteiger partial charge < -0.3 is 5.32 Å². The minimum Gasteiger partial charge on any atom is -0.313 e. The maximum absolute atomic E-state index is 13.9. The number of hydrogen-bond donors (Lipinski definition) is 1. The number of nitrogens with one attached hydrogen (secondary N) is 1. The van der Waals surface area contributed by atoms with Crippen molar-refractivity contribution in [2.45, 2.75) is 19.4 Å². The Kier molecular flexibility index (Phi) is 4.73. The van der Waals surface area contributed by atoms with Gasteiger partial charge in [0.2, 0.25) is 0 Å². The number of likely N-dealkylation sites (N-methyl/N-ethyl adjacent to an activating group) is 1. The molecular weight excluding hydrogens is 280 g/mol. The van der Waals surface area contributed by atoms with Gasteiger partial charge in [0, 0.05) is 11.6 Å². The van der Waals surface area contributed by atoms with E-state index < -0.39 is 5.82 Å². The highest BCUT2D eigenvalue weighted by Crippen LogP contribution is 2.24. The third-order valence-electron chi connectivity index (χ3n) is 3.30. The summed E-state index contributed by atoms with van der Waals surface area (Å²) in [6.45, 7) is 1.91. The van der Waals surface area contributed by atoms with Crippen LogP contribution in [0.3, 0.4) is 0 Å². The van der Waals surface area contributed by atoms with Gasteiger partial charge >= 0.3 is 0 Å². The van der Waals surface area contributed by atoms with Gasteiger partial charge in [-0.15, -0.1) is 0 Å². The summed E-state index contributed by atoms with van der Waals surface area (Å²) in [6.07, 6.45) is 0.491. The van der Waals surface area contributed by atoms with Gasteiger partial charge in [-0.1, -0.05) is 35.4 Å². The molecule has 0 spiro atoms. The quantitative estimate of drug-likeness (QED) is 0.880. The van der Waals surface area contributed by atoms with Crippen LogP contribution < -0.4 is 5.32 Å². The van der Waals surface area contributed by atoms with Crippen molar-refractivity contribution < 1.29 is 8.78 Å². The van der Waals surface area contributed by atoms with Crippen molar-refractivity contribution in [2.24, 2.45) is 0 Å². The molecule has 2 aromatic rings. The van der Waals surface area contributed by atoms with Crippen LogP contribution in [-0.4, -0.2) is 7.05 Å². The van der Waals surface area contributed by atoms with Gasteiger partial charge in [-0.05, 0) is 44.2 Å². The average molecular weight is 296 g/mol. The lowest BCUT2D eigenvalue weighted by molar-refractivity contribution is 0.532. The van der Waals surface area contributed by atoms with Crippen LogP contribution in [0.2, 0.25) is 5.02 Å². The van der Waals surface area contributed by atoms with E-state index >= 15 is 0 Å². The fourth-order valence-electron chi connectivity index (χ4n) is 2.20. The molecule has 0 aliphatic rings. The lowest BCUT2D eigenvalue weighted by Crippen LogP contribution is -2.20. The lowest BCUT2D eigenvalue weighted by atomic mass is 9.97. The predicted molar refractivity (Wildman–Crippen MR) is 78.1 cm³/mol. The Morgan fingerprint density at radius 2 is 1.85 bits per heavy atom. The van der Waals surface area contributed by atoms with Crippen LogP contribution in [0.25, 0.3) is 0 Å². The van der Waals surface area contributed by atoms with E-state index in [9.17, 15) is 8.78 Å². The molecule has 0 aliphatic heterocycles. The average Bonchev–Trinajstić information content (AvgIpc) is 2.43. The van der Waals surface area contributed by atoms with Crippen LogP contribution in [0.5, 0.6) is 0 Å². The largest absolute Gasteiger partial charge is 0.313 e. The van der Waals surface area contributed by atoms with Crippen molar-refractivity contribution in [1.82, 2.24) is 5.32 Å². The van der Waals surface area contributed by atoms with Crippen LogP contribution in [0.4, 0.5) is 8.78 Å². The zero-order chi connectivity index (χ0) is 14.7. The highest BCUT2D eigenvalue weighted by molar-refractivity contribution is 6.30. The fraction of sp³-hybridized carbons (Fsp3) is 0.250. The molecule has 4 heteroatoms. The van der Waals surface area contributed by atoms with E-state index in [-0.39, 0.29) is 16.9 Å². The second-order valence-corrected chi connectivity index (χ2v) is 5.23. The number of hydrogen-bond acceptors (Lipinski definition) is 1. The first-order valence-corrected chi connectivity index (χ1v) is 6.76. The molecule has 1 unspecified atom stereocenters. The van der Waals surface area contributed by atoms with Gasteiger partial charge in [0.25, 0.3) is 0 Å². The summed E-state index contributed by atoms with van der Waals surface area (Å²) in [5, 5.41) is 3.17. The molecule has 0 saturated carbocycles. The Hall–Kier alpha value is -1.45. The number of aryl methyl sites for hydroxylation is 1. The monoisotopic (exact) mass is 295 g/mol. The van der Waals surface area contributed by atoms with E-state index in [0.29, 0.717) is 12.0 Å². The molecule has 106 valence electrons. The normalized spacial score (nSPS) is 12.4. The number of benzene rings is 2. The second-order valence-electron chi connectivity index (χ2n) is 4.82. The molecule has 0 radical (unpaired) electrons. The first kappa shape index (κ1) is 14.9. The van der Waals surface area contributed by atoms with Crippen molar-refractivity contribution in [2.75, 3.05) is 7.05 Å². The first-order valence-electron chi connectivity index (χ1n) is 6.38. The Morgan fingerprint density at radius 3 is 2.50 bits per heavy atom. The molecule has 0 aliphatic carbocycles. The molecule has 0 aromatic heterocycles. The molecule has 0 heterocycles. The predicted octanol–water partition coefficient (Wildman–Crippen LogP) is 4.43. The fourth-order valence-corrected chi connectivity index (χ4v) is 2.32. The molecule has 1 N–H and O–H groups in total. The topological polar surface area (TPSA) is 12.0 Å². The molecule has 1 atom stereocenters. The van der Waals surface area contributed by atoms with Crippen molar-refractivity contribution in [3.8, 4) is 0 Å². The van der Waals surface area contributed by atoms with E-state index in [4.69, 9.17) is 11.6 Å². The number of rotatable bonds is 4. The van der Waals surface area contributed by atoms with E-state index in [0.717, 1.165) is 11.1 Å². The summed E-state index contributed by atoms with van der Waals surface area (Å²) in [6, 6.07) is 9.44. The molecule has 0 amide bonds. The first-order chi connectivity index (χ1) is 9.51. The molecular formula is C16H16ClF2N. The highest BCUT2D eigenvalue weighted by Gasteiger charge is 2.15. The van der Waals surface area contributed by atoms with Gasteiger partial charge in [0.15, 0.2) is 0 Å². The minimum atomic E-state index is -0.455. The highest BCUT2D eigenvalue weighted by atomic mass is 35.5. The summed E-state index contributed by atoms with van der Waals surface area (Å²) in [4.78, 5) is 0. The standard InChI is InChI=1S/C16H16ClF2N/c1-10-3-6-14(18)12(7-10)16(20-2)9-11-4-5-13(17)15(19)8-11/h3-8,16,20H,9H2,1-2H3. The van der Waals surface area contributed by atoms with Gasteiger partial charge in [0.1, 0.15) is 11.6 Å². The van der Waals surface area contributed by atoms with E-state index in [1.165, 1.54) is 18.2 Å². The Morgan fingerprint density at radius 1 is 1.10 bits per heavy atom. The zero-order valence-electron chi connectivity index (χ0n) is 11.4. The number of halogens is 3. The van der Waals surface area contributed by atoms with Crippen LogP contribution in [0.15, 0.2) is 36.4 Å². The summed E-state index contributed by atoms with van der Waals surface area (Å²) < 4.78 is 27.4. The van der Waals surface area contributed by atoms with Gasteiger partial charge in [-0.25, -0.2) is 8.78 Å². The van der Waals surface area contributed by atoms with E-state index in [1.54, 1.807) is 19.2 Å². The van der Waals surface area contributed by atoms with E-state index in [1.807, 2.05) is 13.0 Å². The van der Waals surface area contributed by atoms with Crippen molar-refractivity contribution in [3.05, 3.63) is 69.7 Å². The molecule has 20 heavy (non-hydrogen) atoms. The van der Waals surface area contributed by atoms with Gasteiger partial charge in [-0.2, -0.15) is 0 Å². The molecule has 2 rings (SSSR count). The van der Waals surface area contributed by atoms with Crippen molar-refractivity contribution in [1.29, 1.82) is 0 Å². The van der Waals surface area contributed by atoms with Gasteiger partial charge in [0.05, 0.1) is 5.02 Å². The van der Waals surface area contributed by atoms with Crippen LogP contribution in [-0.2, 0) is 6.42 Å². The maximum Gasteiger partial charge on any atom is 0.142 e. The summed E-state index contributed by atoms with van der Waals surface area (Å²) in [5.74, 6) is -0.715. The third-order valence-corrected chi connectivity index (χ3v) is 3.61. The second kappa shape index (κ2) is 6.33. The van der Waals surface area contributed by atoms with E-state index in [2.05, 4.69) is 5.32 Å². The Labute approximate surface area is 122 Å². The summed E-state index contributed by atoms with van der Waals surface area (Å²) in [5.41, 5.74) is 2.35. The van der Waals surface area contributed by atoms with Crippen molar-refractivity contribution >= 4 is 11.6 Å². The molecule has 0 fully saturated rings. The van der Waals surface area contributed by atoms with Crippen LogP contribution in [0, 0.1) is 18.6 Å². The lowest BCUT2D eigenvalue weighted by Gasteiger charge is -2.18. The molecule has 2 aromatic carbocycles. The SMILES string of the molecule is CNC(Cc1ccc(Cl)c(F)c1)c1cc(C)ccc1F. The minimum absolute atomic E-state index is 0.0940. The van der Waals surface area contributed by atoms with Crippen LogP contribution in [0.1, 0.15) is 22.7 Å². The zero-order valence-corrected chi connectivity index (χ0v) is 12.1. The van der Waals surface area contributed by atoms with Crippen LogP contribution >= 0.6 is 11.6 Å². The Balaban J connectivity index is 2.28.